The highest BCUT2D eigenvalue weighted by Crippen LogP contribution is 2.41. The molecule has 0 aliphatic rings. The zero-order valence-corrected chi connectivity index (χ0v) is 19.5. The van der Waals surface area contributed by atoms with Crippen molar-refractivity contribution >= 4 is 29.3 Å². The van der Waals surface area contributed by atoms with E-state index < -0.39 is 0 Å². The van der Waals surface area contributed by atoms with Gasteiger partial charge in [0.2, 0.25) is 0 Å². The zero-order valence-electron chi connectivity index (χ0n) is 17.8. The van der Waals surface area contributed by atoms with Crippen LogP contribution in [-0.2, 0) is 4.79 Å². The molecule has 2 atom stereocenters. The molecular formula is C29H26OS2. The lowest BCUT2D eigenvalue weighted by Crippen LogP contribution is -2.09. The number of hydrogen-bond donors (Lipinski definition) is 0. The molecule has 160 valence electrons. The second-order valence-corrected chi connectivity index (χ2v) is 10.2. The van der Waals surface area contributed by atoms with E-state index in [0.29, 0.717) is 18.6 Å². The van der Waals surface area contributed by atoms with Crippen molar-refractivity contribution in [2.75, 3.05) is 0 Å². The van der Waals surface area contributed by atoms with Gasteiger partial charge in [-0.3, -0.25) is 4.79 Å². The van der Waals surface area contributed by atoms with Crippen LogP contribution in [-0.4, -0.2) is 5.78 Å². The topological polar surface area (TPSA) is 17.1 Å². The Bertz CT molecular complexity index is 994. The second-order valence-electron chi connectivity index (χ2n) is 7.61. The normalized spacial score (nSPS) is 12.8. The van der Waals surface area contributed by atoms with Crippen LogP contribution < -0.4 is 0 Å². The summed E-state index contributed by atoms with van der Waals surface area (Å²) in [4.78, 5) is 15.7. The first-order valence-electron chi connectivity index (χ1n) is 10.8. The van der Waals surface area contributed by atoms with Crippen molar-refractivity contribution in [2.45, 2.75) is 33.1 Å². The van der Waals surface area contributed by atoms with Gasteiger partial charge in [0.25, 0.3) is 0 Å². The first-order chi connectivity index (χ1) is 15.8. The smallest absolute Gasteiger partial charge is 0.135 e. The second kappa shape index (κ2) is 11.8. The van der Waals surface area contributed by atoms with Gasteiger partial charge in [0.05, 0.1) is 0 Å². The number of ketones is 1. The molecule has 0 bridgehead atoms. The molecule has 4 rings (SSSR count). The highest BCUT2D eigenvalue weighted by atomic mass is 32.2. The molecule has 0 N–H and O–H groups in total. The molecular weight excluding hydrogens is 428 g/mol. The minimum Gasteiger partial charge on any atom is -0.300 e. The third kappa shape index (κ3) is 6.62. The molecule has 0 radical (unpaired) electrons. The van der Waals surface area contributed by atoms with E-state index in [2.05, 4.69) is 72.8 Å². The standard InChI is InChI=1S/C29H26OS2/c30-25(21-28(23-13-5-1-6-14-23)31-26-17-9-3-10-18-26)22-29(24-15-7-2-8-16-24)32-27-19-11-4-12-20-27/h1-20,28-29H,21-22H2/t28-,29-/m1/s1. The highest BCUT2D eigenvalue weighted by molar-refractivity contribution is 7.99. The van der Waals surface area contributed by atoms with Crippen LogP contribution in [0.2, 0.25) is 0 Å². The van der Waals surface area contributed by atoms with Gasteiger partial charge in [0.15, 0.2) is 0 Å². The summed E-state index contributed by atoms with van der Waals surface area (Å²) in [6.07, 6.45) is 1.03. The van der Waals surface area contributed by atoms with Crippen molar-refractivity contribution in [1.82, 2.24) is 0 Å². The van der Waals surface area contributed by atoms with E-state index in [1.807, 2.05) is 48.5 Å². The van der Waals surface area contributed by atoms with Crippen molar-refractivity contribution in [3.63, 3.8) is 0 Å². The fraction of sp³-hybridized carbons (Fsp3) is 0.138. The molecule has 0 amide bonds. The van der Waals surface area contributed by atoms with E-state index in [4.69, 9.17) is 0 Å². The lowest BCUT2D eigenvalue weighted by Gasteiger charge is -2.20. The lowest BCUT2D eigenvalue weighted by molar-refractivity contribution is -0.119. The van der Waals surface area contributed by atoms with E-state index >= 15 is 0 Å². The van der Waals surface area contributed by atoms with Crippen molar-refractivity contribution in [2.24, 2.45) is 0 Å². The van der Waals surface area contributed by atoms with Gasteiger partial charge in [0, 0.05) is 33.1 Å². The third-order valence-electron chi connectivity index (χ3n) is 5.21. The summed E-state index contributed by atoms with van der Waals surface area (Å²) in [6.45, 7) is 0. The molecule has 4 aromatic carbocycles. The number of rotatable bonds is 10. The molecule has 1 nitrogen and oxygen atoms in total. The van der Waals surface area contributed by atoms with Crippen LogP contribution in [0.3, 0.4) is 0 Å². The first-order valence-corrected chi connectivity index (χ1v) is 12.6. The lowest BCUT2D eigenvalue weighted by atomic mass is 10.0. The van der Waals surface area contributed by atoms with Crippen LogP contribution in [0.1, 0.15) is 34.5 Å². The molecule has 0 saturated heterocycles. The van der Waals surface area contributed by atoms with Crippen LogP contribution in [0, 0.1) is 0 Å². The average Bonchev–Trinajstić information content (AvgIpc) is 2.86. The molecule has 0 heterocycles. The van der Waals surface area contributed by atoms with Gasteiger partial charge in [-0.25, -0.2) is 0 Å². The van der Waals surface area contributed by atoms with Gasteiger partial charge < -0.3 is 0 Å². The summed E-state index contributed by atoms with van der Waals surface area (Å²) in [7, 11) is 0. The van der Waals surface area contributed by atoms with E-state index in [0.717, 1.165) is 0 Å². The zero-order chi connectivity index (χ0) is 22.0. The Hall–Kier alpha value is -2.75. The molecule has 0 saturated carbocycles. The Kier molecular flexibility index (Phi) is 8.24. The fourth-order valence-corrected chi connectivity index (χ4v) is 6.02. The molecule has 0 spiro atoms. The van der Waals surface area contributed by atoms with Gasteiger partial charge in [-0.05, 0) is 35.4 Å². The molecule has 0 aliphatic heterocycles. The minimum absolute atomic E-state index is 0.101. The SMILES string of the molecule is O=C(C[C@@H](Sc1ccccc1)c1ccccc1)C[C@@H](Sc1ccccc1)c1ccccc1. The summed E-state index contributed by atoms with van der Waals surface area (Å²) < 4.78 is 0. The number of benzene rings is 4. The maximum Gasteiger partial charge on any atom is 0.135 e. The number of carbonyl (C=O) groups excluding carboxylic acids is 1. The van der Waals surface area contributed by atoms with Crippen LogP contribution in [0.25, 0.3) is 0 Å². The van der Waals surface area contributed by atoms with Crippen LogP contribution in [0.15, 0.2) is 131 Å². The molecule has 0 aromatic heterocycles. The molecule has 0 fully saturated rings. The largest absolute Gasteiger partial charge is 0.300 e. The quantitative estimate of drug-likeness (QED) is 0.224. The molecule has 3 heteroatoms. The molecule has 0 unspecified atom stereocenters. The van der Waals surface area contributed by atoms with Gasteiger partial charge in [-0.15, -0.1) is 23.5 Å². The highest BCUT2D eigenvalue weighted by Gasteiger charge is 2.22. The summed E-state index contributed by atoms with van der Waals surface area (Å²) in [6, 6.07) is 41.5. The Morgan fingerprint density at radius 3 is 1.16 bits per heavy atom. The predicted molar refractivity (Wildman–Crippen MR) is 137 cm³/mol. The van der Waals surface area contributed by atoms with Crippen molar-refractivity contribution in [3.05, 3.63) is 132 Å². The third-order valence-corrected chi connectivity index (χ3v) is 7.75. The predicted octanol–water partition coefficient (Wildman–Crippen LogP) is 8.40. The Morgan fingerprint density at radius 1 is 0.500 bits per heavy atom. The minimum atomic E-state index is 0.101. The van der Waals surface area contributed by atoms with Gasteiger partial charge in [-0.2, -0.15) is 0 Å². The number of carbonyl (C=O) groups is 1. The van der Waals surface area contributed by atoms with Crippen molar-refractivity contribution in [3.8, 4) is 0 Å². The monoisotopic (exact) mass is 454 g/mol. The van der Waals surface area contributed by atoms with E-state index in [1.54, 1.807) is 23.5 Å². The maximum atomic E-state index is 13.4. The summed E-state index contributed by atoms with van der Waals surface area (Å²) in [5.41, 5.74) is 2.39. The summed E-state index contributed by atoms with van der Waals surface area (Å²) >= 11 is 3.54. The maximum absolute atomic E-state index is 13.4. The van der Waals surface area contributed by atoms with Gasteiger partial charge >= 0.3 is 0 Å². The van der Waals surface area contributed by atoms with E-state index in [9.17, 15) is 4.79 Å². The van der Waals surface area contributed by atoms with Crippen molar-refractivity contribution in [1.29, 1.82) is 0 Å². The van der Waals surface area contributed by atoms with Gasteiger partial charge in [-0.1, -0.05) is 97.1 Å². The van der Waals surface area contributed by atoms with Crippen LogP contribution in [0.5, 0.6) is 0 Å². The number of thioether (sulfide) groups is 2. The molecule has 32 heavy (non-hydrogen) atoms. The number of hydrogen-bond acceptors (Lipinski definition) is 3. The summed E-state index contributed by atoms with van der Waals surface area (Å²) in [5, 5.41) is 0.202. The number of Topliss-reactive ketones (excluding diaryl/α,β-unsaturated/α-hetero) is 1. The van der Waals surface area contributed by atoms with E-state index in [-0.39, 0.29) is 10.5 Å². The van der Waals surface area contributed by atoms with E-state index in [1.165, 1.54) is 20.9 Å². The van der Waals surface area contributed by atoms with Crippen molar-refractivity contribution < 1.29 is 4.79 Å². The fourth-order valence-electron chi connectivity index (χ4n) is 3.61. The Balaban J connectivity index is 1.51. The van der Waals surface area contributed by atoms with Crippen LogP contribution in [0.4, 0.5) is 0 Å². The Morgan fingerprint density at radius 2 is 0.812 bits per heavy atom. The average molecular weight is 455 g/mol. The summed E-state index contributed by atoms with van der Waals surface area (Å²) in [5.74, 6) is 0.291. The van der Waals surface area contributed by atoms with Gasteiger partial charge in [0.1, 0.15) is 5.78 Å². The first kappa shape index (κ1) is 22.4. The van der Waals surface area contributed by atoms with Crippen LogP contribution >= 0.6 is 23.5 Å². The Labute approximate surface area is 199 Å². The molecule has 4 aromatic rings. The molecule has 0 aliphatic carbocycles.